The van der Waals surface area contributed by atoms with E-state index in [1.807, 2.05) is 0 Å². The van der Waals surface area contributed by atoms with Gasteiger partial charge in [0, 0.05) is 16.5 Å². The van der Waals surface area contributed by atoms with Crippen LogP contribution in [0.4, 0.5) is 10.1 Å². The highest BCUT2D eigenvalue weighted by Gasteiger charge is 2.46. The third-order valence-corrected chi connectivity index (χ3v) is 5.16. The third-order valence-electron chi connectivity index (χ3n) is 4.67. The lowest BCUT2D eigenvalue weighted by Crippen LogP contribution is -2.44. The Balaban J connectivity index is 1.60. The van der Waals surface area contributed by atoms with Gasteiger partial charge in [-0.25, -0.2) is 9.18 Å². The molecular formula is C19H14BrFN2O4. The number of likely N-dealkylation sites (tertiary alicyclic amines) is 1. The number of amides is 2. The zero-order valence-corrected chi connectivity index (χ0v) is 15.5. The number of carbonyl (C=O) groups is 3. The van der Waals surface area contributed by atoms with Crippen molar-refractivity contribution in [2.75, 3.05) is 5.32 Å². The lowest BCUT2D eigenvalue weighted by Gasteiger charge is -2.29. The number of nitrogens with one attached hydrogen (secondary N) is 1. The highest BCUT2D eigenvalue weighted by molar-refractivity contribution is 9.10. The van der Waals surface area contributed by atoms with Crippen molar-refractivity contribution in [1.82, 2.24) is 4.90 Å². The monoisotopic (exact) mass is 432 g/mol. The minimum Gasteiger partial charge on any atom is -0.433 e. The largest absolute Gasteiger partial charge is 0.433 e. The maximum atomic E-state index is 14.0. The van der Waals surface area contributed by atoms with Crippen molar-refractivity contribution < 1.29 is 23.5 Å². The first-order valence-corrected chi connectivity index (χ1v) is 9.12. The van der Waals surface area contributed by atoms with Crippen LogP contribution in [0.1, 0.15) is 35.0 Å². The molecule has 8 heteroatoms. The van der Waals surface area contributed by atoms with Gasteiger partial charge in [0.25, 0.3) is 0 Å². The number of nitrogens with zero attached hydrogens (tertiary/aromatic N) is 1. The second kappa shape index (κ2) is 6.77. The molecule has 2 atom stereocenters. The number of halogens is 2. The summed E-state index contributed by atoms with van der Waals surface area (Å²) in [6.07, 6.45) is -0.537. The molecule has 0 aromatic heterocycles. The third kappa shape index (κ3) is 3.10. The SMILES string of the molecule is O=C1OC(N2C(=O)CCC2C(=O)Nc2ccc(Br)cc2F)c2ccccc21. The molecular weight excluding hydrogens is 419 g/mol. The number of cyclic esters (lactones) is 1. The van der Waals surface area contributed by atoms with Crippen LogP contribution in [0.25, 0.3) is 0 Å². The Bertz CT molecular complexity index is 964. The summed E-state index contributed by atoms with van der Waals surface area (Å²) in [4.78, 5) is 38.5. The Morgan fingerprint density at radius 1 is 1.22 bits per heavy atom. The van der Waals surface area contributed by atoms with Crippen LogP contribution in [0.5, 0.6) is 0 Å². The number of rotatable bonds is 3. The van der Waals surface area contributed by atoms with Crippen molar-refractivity contribution in [2.45, 2.75) is 25.1 Å². The van der Waals surface area contributed by atoms with Crippen LogP contribution in [0, 0.1) is 5.82 Å². The highest BCUT2D eigenvalue weighted by Crippen LogP contribution is 2.38. The second-order valence-corrected chi connectivity index (χ2v) is 7.23. The lowest BCUT2D eigenvalue weighted by molar-refractivity contribution is -0.144. The van der Waals surface area contributed by atoms with E-state index in [1.54, 1.807) is 30.3 Å². The van der Waals surface area contributed by atoms with Gasteiger partial charge in [0.15, 0.2) is 0 Å². The maximum Gasteiger partial charge on any atom is 0.340 e. The molecule has 2 aliphatic heterocycles. The average molecular weight is 433 g/mol. The van der Waals surface area contributed by atoms with E-state index in [4.69, 9.17) is 4.74 Å². The van der Waals surface area contributed by atoms with Crippen molar-refractivity contribution in [2.24, 2.45) is 0 Å². The molecule has 1 saturated heterocycles. The normalized spacial score (nSPS) is 21.2. The van der Waals surface area contributed by atoms with E-state index in [2.05, 4.69) is 21.2 Å². The average Bonchev–Trinajstić information content (AvgIpc) is 3.18. The Kier molecular flexibility index (Phi) is 4.43. The summed E-state index contributed by atoms with van der Waals surface area (Å²) in [6, 6.07) is 10.2. The zero-order valence-electron chi connectivity index (χ0n) is 13.9. The van der Waals surface area contributed by atoms with Crippen molar-refractivity contribution in [3.05, 3.63) is 63.9 Å². The zero-order chi connectivity index (χ0) is 19.1. The molecule has 6 nitrogen and oxygen atoms in total. The van der Waals surface area contributed by atoms with Gasteiger partial charge in [0.1, 0.15) is 11.9 Å². The fourth-order valence-electron chi connectivity index (χ4n) is 3.39. The van der Waals surface area contributed by atoms with Crippen LogP contribution in [-0.4, -0.2) is 28.7 Å². The number of hydrogen-bond donors (Lipinski definition) is 1. The van der Waals surface area contributed by atoms with E-state index in [0.717, 1.165) is 0 Å². The van der Waals surface area contributed by atoms with Gasteiger partial charge in [0.2, 0.25) is 18.0 Å². The first-order valence-electron chi connectivity index (χ1n) is 8.32. The van der Waals surface area contributed by atoms with Gasteiger partial charge in [-0.15, -0.1) is 0 Å². The van der Waals surface area contributed by atoms with Crippen LogP contribution < -0.4 is 5.32 Å². The van der Waals surface area contributed by atoms with E-state index in [-0.39, 0.29) is 24.4 Å². The quantitative estimate of drug-likeness (QED) is 0.754. The molecule has 27 heavy (non-hydrogen) atoms. The van der Waals surface area contributed by atoms with E-state index >= 15 is 0 Å². The van der Waals surface area contributed by atoms with E-state index in [9.17, 15) is 18.8 Å². The van der Waals surface area contributed by atoms with Crippen LogP contribution in [0.2, 0.25) is 0 Å². The summed E-state index contributed by atoms with van der Waals surface area (Å²) in [5.74, 6) is -1.94. The molecule has 2 aromatic rings. The topological polar surface area (TPSA) is 75.7 Å². The Morgan fingerprint density at radius 3 is 2.78 bits per heavy atom. The standard InChI is InChI=1S/C19H14BrFN2O4/c20-10-5-6-14(13(21)9-10)22-17(25)15-7-8-16(24)23(15)18-11-3-1-2-4-12(11)19(26)27-18/h1-6,9,15,18H,7-8H2,(H,22,25). The summed E-state index contributed by atoms with van der Waals surface area (Å²) >= 11 is 3.16. The smallest absolute Gasteiger partial charge is 0.340 e. The summed E-state index contributed by atoms with van der Waals surface area (Å²) in [5.41, 5.74) is 0.942. The predicted molar refractivity (Wildman–Crippen MR) is 97.2 cm³/mol. The second-order valence-electron chi connectivity index (χ2n) is 6.31. The van der Waals surface area contributed by atoms with Gasteiger partial charge >= 0.3 is 5.97 Å². The van der Waals surface area contributed by atoms with Gasteiger partial charge in [-0.1, -0.05) is 34.1 Å². The van der Waals surface area contributed by atoms with Gasteiger partial charge in [-0.05, 0) is 30.7 Å². The molecule has 4 rings (SSSR count). The minimum absolute atomic E-state index is 0.0197. The molecule has 2 aromatic carbocycles. The van der Waals surface area contributed by atoms with E-state index in [0.29, 0.717) is 15.6 Å². The molecule has 2 unspecified atom stereocenters. The van der Waals surface area contributed by atoms with Crippen LogP contribution >= 0.6 is 15.9 Å². The Hall–Kier alpha value is -2.74. The number of carbonyl (C=O) groups excluding carboxylic acids is 3. The van der Waals surface area contributed by atoms with E-state index < -0.39 is 30.0 Å². The number of fused-ring (bicyclic) bond motifs is 1. The molecule has 2 aliphatic rings. The fraction of sp³-hybridized carbons (Fsp3) is 0.211. The first-order chi connectivity index (χ1) is 13.0. The highest BCUT2D eigenvalue weighted by atomic mass is 79.9. The van der Waals surface area contributed by atoms with Gasteiger partial charge < -0.3 is 10.1 Å². The van der Waals surface area contributed by atoms with Crippen LogP contribution in [0.3, 0.4) is 0 Å². The molecule has 1 fully saturated rings. The number of hydrogen-bond acceptors (Lipinski definition) is 4. The van der Waals surface area contributed by atoms with Gasteiger partial charge in [0.05, 0.1) is 11.3 Å². The molecule has 0 radical (unpaired) electrons. The summed E-state index contributed by atoms with van der Waals surface area (Å²) < 4.78 is 19.9. The summed E-state index contributed by atoms with van der Waals surface area (Å²) in [5, 5.41) is 2.52. The Labute approximate surface area is 162 Å². The van der Waals surface area contributed by atoms with Crippen molar-refractivity contribution in [1.29, 1.82) is 0 Å². The first kappa shape index (κ1) is 17.7. The number of anilines is 1. The lowest BCUT2D eigenvalue weighted by atomic mass is 10.1. The van der Waals surface area contributed by atoms with Gasteiger partial charge in [-0.3, -0.25) is 14.5 Å². The van der Waals surface area contributed by atoms with Crippen LogP contribution in [-0.2, 0) is 14.3 Å². The van der Waals surface area contributed by atoms with E-state index in [1.165, 1.54) is 17.0 Å². The Morgan fingerprint density at radius 2 is 2.00 bits per heavy atom. The molecule has 138 valence electrons. The van der Waals surface area contributed by atoms with Gasteiger partial charge in [-0.2, -0.15) is 0 Å². The van der Waals surface area contributed by atoms with Crippen molar-refractivity contribution in [3.63, 3.8) is 0 Å². The van der Waals surface area contributed by atoms with Crippen molar-refractivity contribution in [3.8, 4) is 0 Å². The number of esters is 1. The fourth-order valence-corrected chi connectivity index (χ4v) is 3.73. The molecule has 0 saturated carbocycles. The molecule has 0 aliphatic carbocycles. The maximum absolute atomic E-state index is 14.0. The number of benzene rings is 2. The summed E-state index contributed by atoms with van der Waals surface area (Å²) in [6.45, 7) is 0. The van der Waals surface area contributed by atoms with Crippen molar-refractivity contribution >= 4 is 39.4 Å². The predicted octanol–water partition coefficient (Wildman–Crippen LogP) is 3.39. The molecule has 2 heterocycles. The summed E-state index contributed by atoms with van der Waals surface area (Å²) in [7, 11) is 0. The van der Waals surface area contributed by atoms with Crippen LogP contribution in [0.15, 0.2) is 46.9 Å². The molecule has 1 N–H and O–H groups in total. The number of ether oxygens (including phenoxy) is 1. The minimum atomic E-state index is -0.950. The molecule has 0 spiro atoms. The molecule has 2 amide bonds. The molecule has 0 bridgehead atoms.